The van der Waals surface area contributed by atoms with Crippen LogP contribution in [0.5, 0.6) is 5.88 Å². The summed E-state index contributed by atoms with van der Waals surface area (Å²) < 4.78 is 15.0. The molecule has 158 valence electrons. The second-order valence-corrected chi connectivity index (χ2v) is 8.40. The minimum atomic E-state index is -0.300. The normalized spacial score (nSPS) is 11.6. The number of halogens is 2. The summed E-state index contributed by atoms with van der Waals surface area (Å²) in [5.74, 6) is -0.306. The summed E-state index contributed by atoms with van der Waals surface area (Å²) in [5.41, 5.74) is 3.75. The van der Waals surface area contributed by atoms with Crippen LogP contribution in [0.4, 0.5) is 15.2 Å². The Hall–Kier alpha value is -3.55. The number of aromatic nitrogens is 2. The van der Waals surface area contributed by atoms with Crippen LogP contribution in [0.15, 0.2) is 88.4 Å². The second kappa shape index (κ2) is 8.53. The Morgan fingerprint density at radius 3 is 2.50 bits per heavy atom. The summed E-state index contributed by atoms with van der Waals surface area (Å²) in [6, 6.07) is 21.2. The van der Waals surface area contributed by atoms with Gasteiger partial charge in [0.15, 0.2) is 5.69 Å². The van der Waals surface area contributed by atoms with E-state index in [-0.39, 0.29) is 11.7 Å². The van der Waals surface area contributed by atoms with Crippen LogP contribution < -0.4 is 0 Å². The first-order chi connectivity index (χ1) is 15.6. The molecule has 0 aliphatic carbocycles. The lowest BCUT2D eigenvalue weighted by atomic mass is 10.2. The third kappa shape index (κ3) is 4.00. The molecule has 8 heteroatoms. The van der Waals surface area contributed by atoms with Gasteiger partial charge in [-0.25, -0.2) is 9.37 Å². The Bertz CT molecular complexity index is 1430. The maximum atomic E-state index is 13.3. The van der Waals surface area contributed by atoms with Crippen LogP contribution in [-0.2, 0) is 6.54 Å². The average molecular weight is 463 g/mol. The van der Waals surface area contributed by atoms with Crippen molar-refractivity contribution < 1.29 is 9.50 Å². The maximum Gasteiger partial charge on any atom is 0.230 e. The highest BCUT2D eigenvalue weighted by Crippen LogP contribution is 2.40. The highest BCUT2D eigenvalue weighted by molar-refractivity contribution is 7.13. The van der Waals surface area contributed by atoms with Crippen LogP contribution in [0.25, 0.3) is 22.2 Å². The Labute approximate surface area is 192 Å². The van der Waals surface area contributed by atoms with Crippen molar-refractivity contribution in [1.29, 1.82) is 0 Å². The molecular formula is C24H16ClFN4OS. The number of thiazole rings is 1. The Morgan fingerprint density at radius 2 is 1.72 bits per heavy atom. The van der Waals surface area contributed by atoms with Crippen molar-refractivity contribution in [3.63, 3.8) is 0 Å². The van der Waals surface area contributed by atoms with E-state index in [9.17, 15) is 9.50 Å². The summed E-state index contributed by atoms with van der Waals surface area (Å²) in [5, 5.41) is 23.3. The maximum absolute atomic E-state index is 13.3. The van der Waals surface area contributed by atoms with E-state index < -0.39 is 0 Å². The van der Waals surface area contributed by atoms with Gasteiger partial charge in [0.05, 0.1) is 17.8 Å². The highest BCUT2D eigenvalue weighted by Gasteiger charge is 2.17. The standard InChI is InChI=1S/C24H16ClFN4OS/c25-17-9-7-16(8-10-17)20-14-32-24(27-20)29-28-22-19-3-1-2-4-21(19)30(23(22)31)13-15-5-11-18(26)12-6-15/h1-12,14,31H,13H2. The Balaban J connectivity index is 1.48. The van der Waals surface area contributed by atoms with Crippen molar-refractivity contribution in [3.05, 3.63) is 94.6 Å². The van der Waals surface area contributed by atoms with Crippen molar-refractivity contribution in [3.8, 4) is 17.1 Å². The molecule has 0 amide bonds. The van der Waals surface area contributed by atoms with Crippen molar-refractivity contribution in [2.75, 3.05) is 0 Å². The Morgan fingerprint density at radius 1 is 0.969 bits per heavy atom. The fourth-order valence-electron chi connectivity index (χ4n) is 3.46. The van der Waals surface area contributed by atoms with Crippen molar-refractivity contribution in [1.82, 2.24) is 9.55 Å². The van der Waals surface area contributed by atoms with Gasteiger partial charge in [-0.15, -0.1) is 21.6 Å². The molecule has 3 aromatic carbocycles. The number of benzene rings is 3. The zero-order valence-corrected chi connectivity index (χ0v) is 18.2. The van der Waals surface area contributed by atoms with E-state index in [1.54, 1.807) is 16.7 Å². The van der Waals surface area contributed by atoms with Gasteiger partial charge in [0.25, 0.3) is 0 Å². The zero-order chi connectivity index (χ0) is 22.1. The first-order valence-corrected chi connectivity index (χ1v) is 11.0. The fourth-order valence-corrected chi connectivity index (χ4v) is 4.23. The van der Waals surface area contributed by atoms with Gasteiger partial charge in [0.1, 0.15) is 5.82 Å². The van der Waals surface area contributed by atoms with E-state index >= 15 is 0 Å². The smallest absolute Gasteiger partial charge is 0.230 e. The summed E-state index contributed by atoms with van der Waals surface area (Å²) in [7, 11) is 0. The molecule has 0 bridgehead atoms. The number of hydrogen-bond donors (Lipinski definition) is 1. The zero-order valence-electron chi connectivity index (χ0n) is 16.6. The monoisotopic (exact) mass is 462 g/mol. The molecule has 2 heterocycles. The van der Waals surface area contributed by atoms with E-state index in [0.717, 1.165) is 27.7 Å². The first kappa shape index (κ1) is 20.4. The van der Waals surface area contributed by atoms with Crippen LogP contribution in [0.1, 0.15) is 5.56 Å². The molecule has 5 nitrogen and oxygen atoms in total. The van der Waals surface area contributed by atoms with Crippen molar-refractivity contribution in [2.24, 2.45) is 10.2 Å². The number of rotatable bonds is 5. The third-order valence-electron chi connectivity index (χ3n) is 5.04. The van der Waals surface area contributed by atoms with Crippen LogP contribution in [0.3, 0.4) is 0 Å². The third-order valence-corrected chi connectivity index (χ3v) is 6.02. The number of fused-ring (bicyclic) bond motifs is 1. The molecule has 0 aliphatic rings. The summed E-state index contributed by atoms with van der Waals surface area (Å²) in [6.45, 7) is 0.375. The van der Waals surface area contributed by atoms with Gasteiger partial charge in [-0.3, -0.25) is 0 Å². The molecular weight excluding hydrogens is 447 g/mol. The molecule has 5 rings (SSSR count). The predicted molar refractivity (Wildman–Crippen MR) is 126 cm³/mol. The highest BCUT2D eigenvalue weighted by atomic mass is 35.5. The summed E-state index contributed by atoms with van der Waals surface area (Å²) >= 11 is 7.31. The van der Waals surface area contributed by atoms with Gasteiger partial charge in [0, 0.05) is 21.4 Å². The average Bonchev–Trinajstić information content (AvgIpc) is 3.38. The summed E-state index contributed by atoms with van der Waals surface area (Å²) in [4.78, 5) is 4.51. The fraction of sp³-hybridized carbons (Fsp3) is 0.0417. The second-order valence-electron chi connectivity index (χ2n) is 7.12. The minimum Gasteiger partial charge on any atom is -0.493 e. The SMILES string of the molecule is Oc1c(N=Nc2nc(-c3ccc(Cl)cc3)cs2)c2ccccc2n1Cc1ccc(F)cc1. The van der Waals surface area contributed by atoms with Crippen LogP contribution in [0.2, 0.25) is 5.02 Å². The minimum absolute atomic E-state index is 0.00578. The van der Waals surface area contributed by atoms with Gasteiger partial charge in [0.2, 0.25) is 11.0 Å². The summed E-state index contributed by atoms with van der Waals surface area (Å²) in [6.07, 6.45) is 0. The largest absolute Gasteiger partial charge is 0.493 e. The molecule has 0 saturated carbocycles. The molecule has 0 unspecified atom stereocenters. The van der Waals surface area contributed by atoms with E-state index in [2.05, 4.69) is 15.2 Å². The van der Waals surface area contributed by atoms with E-state index in [1.807, 2.05) is 53.9 Å². The number of para-hydroxylation sites is 1. The molecule has 32 heavy (non-hydrogen) atoms. The van der Waals surface area contributed by atoms with Gasteiger partial charge in [-0.1, -0.05) is 54.1 Å². The van der Waals surface area contributed by atoms with E-state index in [1.165, 1.54) is 23.5 Å². The molecule has 0 aliphatic heterocycles. The number of hydrogen-bond acceptors (Lipinski definition) is 5. The lowest BCUT2D eigenvalue weighted by molar-refractivity contribution is 0.429. The van der Waals surface area contributed by atoms with Crippen LogP contribution in [-0.4, -0.2) is 14.7 Å². The van der Waals surface area contributed by atoms with Crippen LogP contribution >= 0.6 is 22.9 Å². The van der Waals surface area contributed by atoms with E-state index in [0.29, 0.717) is 22.4 Å². The molecule has 1 N–H and O–H groups in total. The molecule has 2 aromatic heterocycles. The molecule has 5 aromatic rings. The lowest BCUT2D eigenvalue weighted by Gasteiger charge is -2.07. The number of nitrogens with zero attached hydrogens (tertiary/aromatic N) is 4. The molecule has 0 saturated heterocycles. The van der Waals surface area contributed by atoms with E-state index in [4.69, 9.17) is 11.6 Å². The molecule has 0 fully saturated rings. The van der Waals surface area contributed by atoms with Crippen LogP contribution in [0, 0.1) is 5.82 Å². The van der Waals surface area contributed by atoms with Crippen molar-refractivity contribution >= 4 is 44.7 Å². The van der Waals surface area contributed by atoms with Gasteiger partial charge in [-0.05, 0) is 35.9 Å². The predicted octanol–water partition coefficient (Wildman–Crippen LogP) is 7.73. The van der Waals surface area contributed by atoms with Crippen molar-refractivity contribution in [2.45, 2.75) is 6.54 Å². The lowest BCUT2D eigenvalue weighted by Crippen LogP contribution is -1.98. The van der Waals surface area contributed by atoms with Gasteiger partial charge >= 0.3 is 0 Å². The first-order valence-electron chi connectivity index (χ1n) is 9.76. The number of azo groups is 1. The molecule has 0 atom stereocenters. The topological polar surface area (TPSA) is 62.8 Å². The molecule has 0 spiro atoms. The Kier molecular flexibility index (Phi) is 5.43. The van der Waals surface area contributed by atoms with Gasteiger partial charge < -0.3 is 9.67 Å². The van der Waals surface area contributed by atoms with Gasteiger partial charge in [-0.2, -0.15) is 0 Å². The quantitative estimate of drug-likeness (QED) is 0.271. The molecule has 0 radical (unpaired) electrons. The number of aromatic hydroxyl groups is 1.